The van der Waals surface area contributed by atoms with Gasteiger partial charge in [-0.3, -0.25) is 9.59 Å². The van der Waals surface area contributed by atoms with Crippen LogP contribution >= 0.6 is 0 Å². The summed E-state index contributed by atoms with van der Waals surface area (Å²) in [6, 6.07) is 10.0. The summed E-state index contributed by atoms with van der Waals surface area (Å²) in [6.45, 7) is 4.68. The number of nitrogens with two attached hydrogens (primary N) is 1. The van der Waals surface area contributed by atoms with Crippen LogP contribution in [0.25, 0.3) is 0 Å². The monoisotopic (exact) mass is 303 g/mol. The Labute approximate surface area is 130 Å². The van der Waals surface area contributed by atoms with Gasteiger partial charge < -0.3 is 20.4 Å². The molecule has 6 nitrogen and oxygen atoms in total. The minimum Gasteiger partial charge on any atom is -0.368 e. The van der Waals surface area contributed by atoms with Crippen molar-refractivity contribution in [2.75, 3.05) is 44.2 Å². The molecule has 0 saturated carbocycles. The molecule has 0 unspecified atom stereocenters. The molecule has 0 aliphatic carbocycles. The summed E-state index contributed by atoms with van der Waals surface area (Å²) in [5, 5.41) is 4.79. The van der Waals surface area contributed by atoms with E-state index < -0.39 is 0 Å². The molecule has 0 radical (unpaired) electrons. The molecule has 22 heavy (non-hydrogen) atoms. The van der Waals surface area contributed by atoms with Gasteiger partial charge in [-0.25, -0.2) is 0 Å². The molecule has 0 bridgehead atoms. The Bertz CT molecular complexity index is 526. The predicted octanol–water partition coefficient (Wildman–Crippen LogP) is -1.21. The lowest BCUT2D eigenvalue weighted by Crippen LogP contribution is -2.96. The summed E-state index contributed by atoms with van der Waals surface area (Å²) in [6.07, 6.45) is 0.303. The molecule has 3 rings (SSSR count). The highest BCUT2D eigenvalue weighted by Crippen LogP contribution is 2.16. The normalized spacial score (nSPS) is 22.4. The summed E-state index contributed by atoms with van der Waals surface area (Å²) >= 11 is 0. The van der Waals surface area contributed by atoms with E-state index in [4.69, 9.17) is 0 Å². The second kappa shape index (κ2) is 6.79. The van der Waals surface area contributed by atoms with E-state index in [1.54, 1.807) is 0 Å². The van der Waals surface area contributed by atoms with E-state index in [2.05, 4.69) is 22.3 Å². The van der Waals surface area contributed by atoms with Crippen molar-refractivity contribution in [1.82, 2.24) is 10.2 Å². The average Bonchev–Trinajstić information content (AvgIpc) is 2.58. The number of para-hydroxylation sites is 1. The first-order valence-corrected chi connectivity index (χ1v) is 7.93. The molecule has 1 aromatic carbocycles. The molecule has 3 N–H and O–H groups in total. The van der Waals surface area contributed by atoms with Crippen LogP contribution in [0.5, 0.6) is 0 Å². The van der Waals surface area contributed by atoms with Crippen molar-refractivity contribution in [3.05, 3.63) is 30.3 Å². The average molecular weight is 303 g/mol. The quantitative estimate of drug-likeness (QED) is 0.736. The van der Waals surface area contributed by atoms with Crippen molar-refractivity contribution >= 4 is 17.5 Å². The van der Waals surface area contributed by atoms with Crippen LogP contribution in [0, 0.1) is 0 Å². The summed E-state index contributed by atoms with van der Waals surface area (Å²) in [4.78, 5) is 28.3. The Hall–Kier alpha value is -2.08. The van der Waals surface area contributed by atoms with Crippen LogP contribution in [0.1, 0.15) is 6.42 Å². The van der Waals surface area contributed by atoms with Gasteiger partial charge in [0.2, 0.25) is 5.91 Å². The number of piperazine rings is 2. The molecule has 118 valence electrons. The van der Waals surface area contributed by atoms with Gasteiger partial charge in [0.1, 0.15) is 0 Å². The van der Waals surface area contributed by atoms with E-state index in [0.29, 0.717) is 13.0 Å². The molecule has 2 aliphatic heterocycles. The third-order valence-electron chi connectivity index (χ3n) is 4.38. The highest BCUT2D eigenvalue weighted by Gasteiger charge is 2.31. The molecule has 6 heteroatoms. The third kappa shape index (κ3) is 3.39. The van der Waals surface area contributed by atoms with Gasteiger partial charge in [0.25, 0.3) is 5.91 Å². The molecule has 2 aliphatic rings. The van der Waals surface area contributed by atoms with Crippen molar-refractivity contribution in [2.24, 2.45) is 0 Å². The number of carbonyl (C=O) groups excluding carboxylic acids is 2. The molecule has 1 aromatic rings. The van der Waals surface area contributed by atoms with Crippen LogP contribution < -0.4 is 15.5 Å². The molecule has 2 saturated heterocycles. The van der Waals surface area contributed by atoms with Gasteiger partial charge in [0.15, 0.2) is 6.04 Å². The lowest BCUT2D eigenvalue weighted by Gasteiger charge is -2.36. The second-order valence-corrected chi connectivity index (χ2v) is 5.83. The zero-order chi connectivity index (χ0) is 15.4. The van der Waals surface area contributed by atoms with Crippen molar-refractivity contribution in [1.29, 1.82) is 0 Å². The Balaban J connectivity index is 1.50. The number of quaternary nitrogens is 1. The maximum absolute atomic E-state index is 12.4. The molecular weight excluding hydrogens is 280 g/mol. The molecule has 2 fully saturated rings. The molecule has 0 spiro atoms. The topological polar surface area (TPSA) is 69.3 Å². The molecule has 0 aromatic heterocycles. The zero-order valence-corrected chi connectivity index (χ0v) is 12.7. The Morgan fingerprint density at radius 2 is 1.91 bits per heavy atom. The molecular formula is C16H23N4O2+. The first-order chi connectivity index (χ1) is 10.7. The number of nitrogens with zero attached hydrogens (tertiary/aromatic N) is 2. The Kier molecular flexibility index (Phi) is 4.58. The van der Waals surface area contributed by atoms with Gasteiger partial charge in [-0.1, -0.05) is 18.2 Å². The zero-order valence-electron chi connectivity index (χ0n) is 12.7. The standard InChI is InChI=1S/C16H22N4O2/c21-15(12-14-16(22)18-7-6-17-14)20-10-8-19(9-11-20)13-4-2-1-3-5-13/h1-5,14,17H,6-12H2,(H,18,22)/p+1/t14-/m1/s1. The fourth-order valence-corrected chi connectivity index (χ4v) is 3.06. The lowest BCUT2D eigenvalue weighted by atomic mass is 10.1. The number of rotatable bonds is 3. The number of benzene rings is 1. The van der Waals surface area contributed by atoms with Crippen molar-refractivity contribution in [3.8, 4) is 0 Å². The summed E-state index contributed by atoms with van der Waals surface area (Å²) in [5.41, 5.74) is 1.20. The third-order valence-corrected chi connectivity index (χ3v) is 4.38. The summed E-state index contributed by atoms with van der Waals surface area (Å²) in [7, 11) is 0. The van der Waals surface area contributed by atoms with Crippen LogP contribution in [0.15, 0.2) is 30.3 Å². The van der Waals surface area contributed by atoms with Crippen LogP contribution in [0.2, 0.25) is 0 Å². The maximum Gasteiger partial charge on any atom is 0.278 e. The highest BCUT2D eigenvalue weighted by atomic mass is 16.2. The maximum atomic E-state index is 12.4. The Morgan fingerprint density at radius 3 is 2.59 bits per heavy atom. The second-order valence-electron chi connectivity index (χ2n) is 5.83. The first-order valence-electron chi connectivity index (χ1n) is 7.93. The van der Waals surface area contributed by atoms with E-state index in [1.807, 2.05) is 28.4 Å². The number of anilines is 1. The number of nitrogens with one attached hydrogen (secondary N) is 1. The van der Waals surface area contributed by atoms with Gasteiger partial charge in [-0.2, -0.15) is 0 Å². The minimum atomic E-state index is -0.256. The van der Waals surface area contributed by atoms with E-state index in [0.717, 1.165) is 32.7 Å². The number of hydrogen-bond acceptors (Lipinski definition) is 3. The van der Waals surface area contributed by atoms with Gasteiger partial charge in [-0.05, 0) is 12.1 Å². The molecule has 2 amide bonds. The van der Waals surface area contributed by atoms with E-state index in [-0.39, 0.29) is 17.9 Å². The molecule has 1 atom stereocenters. The molecule has 2 heterocycles. The number of hydrogen-bond donors (Lipinski definition) is 2. The SMILES string of the molecule is O=C1NCC[NH2+][C@@H]1CC(=O)N1CCN(c2ccccc2)CC1. The fraction of sp³-hybridized carbons (Fsp3) is 0.500. The van der Waals surface area contributed by atoms with E-state index in [9.17, 15) is 9.59 Å². The largest absolute Gasteiger partial charge is 0.368 e. The van der Waals surface area contributed by atoms with Crippen molar-refractivity contribution in [3.63, 3.8) is 0 Å². The fourth-order valence-electron chi connectivity index (χ4n) is 3.06. The highest BCUT2D eigenvalue weighted by molar-refractivity contribution is 5.87. The van der Waals surface area contributed by atoms with E-state index in [1.165, 1.54) is 5.69 Å². The summed E-state index contributed by atoms with van der Waals surface area (Å²) in [5.74, 6) is 0.0773. The van der Waals surface area contributed by atoms with Crippen LogP contribution in [0.4, 0.5) is 5.69 Å². The number of carbonyl (C=O) groups is 2. The summed E-state index contributed by atoms with van der Waals surface area (Å²) < 4.78 is 0. The van der Waals surface area contributed by atoms with Crippen molar-refractivity contribution in [2.45, 2.75) is 12.5 Å². The Morgan fingerprint density at radius 1 is 1.18 bits per heavy atom. The van der Waals surface area contributed by atoms with Crippen molar-refractivity contribution < 1.29 is 14.9 Å². The minimum absolute atomic E-state index is 0.0116. The van der Waals surface area contributed by atoms with Gasteiger partial charge in [-0.15, -0.1) is 0 Å². The van der Waals surface area contributed by atoms with Gasteiger partial charge in [0.05, 0.1) is 19.5 Å². The van der Waals surface area contributed by atoms with E-state index >= 15 is 0 Å². The first kappa shape index (κ1) is 14.8. The smallest absolute Gasteiger partial charge is 0.278 e. The lowest BCUT2D eigenvalue weighted by molar-refractivity contribution is -0.678. The van der Waals surface area contributed by atoms with Crippen LogP contribution in [0.3, 0.4) is 0 Å². The number of amides is 2. The van der Waals surface area contributed by atoms with Gasteiger partial charge in [0, 0.05) is 31.9 Å². The van der Waals surface area contributed by atoms with Crippen LogP contribution in [-0.4, -0.2) is 62.0 Å². The predicted molar refractivity (Wildman–Crippen MR) is 83.4 cm³/mol. The van der Waals surface area contributed by atoms with Crippen LogP contribution in [-0.2, 0) is 9.59 Å². The van der Waals surface area contributed by atoms with Gasteiger partial charge >= 0.3 is 0 Å².